The lowest BCUT2D eigenvalue weighted by Gasteiger charge is -2.15. The standard InChI is InChI=1S/C10H20Cl6S3Si2/c1-9(7-20(11,12)13)3-5-17-19-18-6-4-10(2)8-21(14,15)16/h9-10H,3-8H2,1-2H3. The van der Waals surface area contributed by atoms with Crippen molar-refractivity contribution in [1.29, 1.82) is 0 Å². The highest BCUT2D eigenvalue weighted by molar-refractivity contribution is 9.09. The second-order valence-electron chi connectivity index (χ2n) is 5.14. The van der Waals surface area contributed by atoms with Crippen LogP contribution in [-0.2, 0) is 0 Å². The number of halogens is 6. The Kier molecular flexibility index (Phi) is 14.5. The van der Waals surface area contributed by atoms with Crippen LogP contribution in [0.15, 0.2) is 0 Å². The lowest BCUT2D eigenvalue weighted by molar-refractivity contribution is 0.629. The topological polar surface area (TPSA) is 0 Å². The average Bonchev–Trinajstić information content (AvgIpc) is 2.22. The van der Waals surface area contributed by atoms with Gasteiger partial charge in [0.1, 0.15) is 0 Å². The van der Waals surface area contributed by atoms with Crippen LogP contribution in [0.3, 0.4) is 0 Å². The summed E-state index contributed by atoms with van der Waals surface area (Å²) in [6.45, 7) is 4.30. The lowest BCUT2D eigenvalue weighted by Crippen LogP contribution is -2.14. The van der Waals surface area contributed by atoms with Crippen LogP contribution < -0.4 is 0 Å². The van der Waals surface area contributed by atoms with E-state index in [1.54, 1.807) is 0 Å². The molecule has 0 radical (unpaired) electrons. The number of rotatable bonds is 12. The normalized spacial score (nSPS) is 16.0. The van der Waals surface area contributed by atoms with Crippen LogP contribution in [0.5, 0.6) is 0 Å². The fraction of sp³-hybridized carbons (Fsp3) is 1.00. The SMILES string of the molecule is CC(CCSSSCCC(C)C[Si](Cl)(Cl)Cl)C[Si](Cl)(Cl)Cl. The fourth-order valence-corrected chi connectivity index (χ4v) is 12.6. The van der Waals surface area contributed by atoms with Gasteiger partial charge < -0.3 is 0 Å². The van der Waals surface area contributed by atoms with Crippen LogP contribution in [0.4, 0.5) is 0 Å². The van der Waals surface area contributed by atoms with Gasteiger partial charge in [-0.25, -0.2) is 0 Å². The van der Waals surface area contributed by atoms with Crippen molar-refractivity contribution in [2.45, 2.75) is 38.8 Å². The molecule has 0 aliphatic carbocycles. The van der Waals surface area contributed by atoms with Gasteiger partial charge in [-0.2, -0.15) is 0 Å². The molecule has 2 atom stereocenters. The van der Waals surface area contributed by atoms with E-state index in [0.29, 0.717) is 11.8 Å². The molecule has 0 nitrogen and oxygen atoms in total. The first-order chi connectivity index (χ1) is 9.49. The molecule has 0 fully saturated rings. The van der Waals surface area contributed by atoms with Crippen molar-refractivity contribution in [3.8, 4) is 0 Å². The third kappa shape index (κ3) is 19.4. The highest BCUT2D eigenvalue weighted by Crippen LogP contribution is 2.38. The Morgan fingerprint density at radius 2 is 1.05 bits per heavy atom. The molecule has 128 valence electrons. The molecule has 0 aromatic carbocycles. The van der Waals surface area contributed by atoms with E-state index in [-0.39, 0.29) is 0 Å². The predicted octanol–water partition coefficient (Wildman–Crippen LogP) is 8.38. The maximum atomic E-state index is 5.91. The van der Waals surface area contributed by atoms with Gasteiger partial charge in [-0.15, -0.1) is 66.5 Å². The second kappa shape index (κ2) is 12.6. The van der Waals surface area contributed by atoms with Crippen molar-refractivity contribution in [2.75, 3.05) is 11.5 Å². The van der Waals surface area contributed by atoms with Crippen LogP contribution >= 0.6 is 97.9 Å². The molecule has 0 aliphatic rings. The summed E-state index contributed by atoms with van der Waals surface area (Å²) in [5, 5.41) is 0. The average molecular weight is 505 g/mol. The summed E-state index contributed by atoms with van der Waals surface area (Å²) >= 11 is 35.5. The van der Waals surface area contributed by atoms with Gasteiger partial charge in [-0.3, -0.25) is 0 Å². The first-order valence-electron chi connectivity index (χ1n) is 6.54. The Bertz CT molecular complexity index is 248. The van der Waals surface area contributed by atoms with Gasteiger partial charge >= 0.3 is 12.0 Å². The van der Waals surface area contributed by atoms with Gasteiger partial charge in [-0.1, -0.05) is 35.4 Å². The van der Waals surface area contributed by atoms with Crippen molar-refractivity contribution in [2.24, 2.45) is 11.8 Å². The molecule has 21 heavy (non-hydrogen) atoms. The first-order valence-corrected chi connectivity index (χ1v) is 20.8. The molecular weight excluding hydrogens is 485 g/mol. The third-order valence-corrected chi connectivity index (χ3v) is 12.0. The number of hydrogen-bond acceptors (Lipinski definition) is 3. The van der Waals surface area contributed by atoms with Gasteiger partial charge in [0.05, 0.1) is 0 Å². The molecule has 2 unspecified atom stereocenters. The molecular formula is C10H20Cl6S3Si2. The molecule has 0 N–H and O–H groups in total. The Morgan fingerprint density at radius 1 is 0.714 bits per heavy atom. The van der Waals surface area contributed by atoms with E-state index in [9.17, 15) is 0 Å². The van der Waals surface area contributed by atoms with Crippen LogP contribution in [-0.4, -0.2) is 23.5 Å². The van der Waals surface area contributed by atoms with E-state index < -0.39 is 12.0 Å². The minimum Gasteiger partial charge on any atom is -0.126 e. The van der Waals surface area contributed by atoms with Gasteiger partial charge in [0.2, 0.25) is 0 Å². The maximum Gasteiger partial charge on any atom is 0.341 e. The smallest absolute Gasteiger partial charge is 0.126 e. The van der Waals surface area contributed by atoms with E-state index in [2.05, 4.69) is 13.8 Å². The Balaban J connectivity index is 3.45. The highest BCUT2D eigenvalue weighted by atomic mass is 35.8. The van der Waals surface area contributed by atoms with Crippen molar-refractivity contribution in [3.63, 3.8) is 0 Å². The Morgan fingerprint density at radius 3 is 1.33 bits per heavy atom. The van der Waals surface area contributed by atoms with E-state index in [4.69, 9.17) is 66.5 Å². The summed E-state index contributed by atoms with van der Waals surface area (Å²) < 4.78 is 0. The molecule has 0 bridgehead atoms. The molecule has 0 saturated carbocycles. The van der Waals surface area contributed by atoms with Gasteiger partial charge in [0.15, 0.2) is 0 Å². The fourth-order valence-electron chi connectivity index (χ4n) is 1.60. The molecule has 0 aromatic heterocycles. The minimum absolute atomic E-state index is 0.483. The van der Waals surface area contributed by atoms with Gasteiger partial charge in [-0.05, 0) is 46.6 Å². The van der Waals surface area contributed by atoms with Crippen molar-refractivity contribution in [1.82, 2.24) is 0 Å². The first kappa shape index (κ1) is 24.2. The Labute approximate surface area is 170 Å². The molecule has 0 spiro atoms. The van der Waals surface area contributed by atoms with Crippen LogP contribution in [0.2, 0.25) is 12.1 Å². The minimum atomic E-state index is -2.47. The van der Waals surface area contributed by atoms with E-state index in [1.807, 2.05) is 31.4 Å². The van der Waals surface area contributed by atoms with E-state index in [1.165, 1.54) is 0 Å². The highest BCUT2D eigenvalue weighted by Gasteiger charge is 2.28. The van der Waals surface area contributed by atoms with Crippen molar-refractivity contribution >= 4 is 110 Å². The van der Waals surface area contributed by atoms with Crippen LogP contribution in [0.1, 0.15) is 26.7 Å². The third-order valence-electron chi connectivity index (χ3n) is 2.64. The monoisotopic (exact) mass is 502 g/mol. The summed E-state index contributed by atoms with van der Waals surface area (Å²) in [5.41, 5.74) is 0. The Hall–Kier alpha value is 3.22. The van der Waals surface area contributed by atoms with Crippen LogP contribution in [0, 0.1) is 11.8 Å². The molecule has 0 heterocycles. The molecule has 0 amide bonds. The molecule has 0 aromatic rings. The zero-order chi connectivity index (χ0) is 16.5. The summed E-state index contributed by atoms with van der Waals surface area (Å²) in [6.07, 6.45) is 2.18. The molecule has 0 rings (SSSR count). The molecule has 0 aliphatic heterocycles. The molecule has 11 heteroatoms. The quantitative estimate of drug-likeness (QED) is 0.113. The van der Waals surface area contributed by atoms with E-state index >= 15 is 0 Å². The van der Waals surface area contributed by atoms with Crippen LogP contribution in [0.25, 0.3) is 0 Å². The zero-order valence-electron chi connectivity index (χ0n) is 11.9. The number of hydrogen-bond donors (Lipinski definition) is 0. The largest absolute Gasteiger partial charge is 0.341 e. The summed E-state index contributed by atoms with van der Waals surface area (Å²) in [6, 6.07) is -3.45. The maximum absolute atomic E-state index is 5.91. The van der Waals surface area contributed by atoms with Gasteiger partial charge in [0.25, 0.3) is 0 Å². The predicted molar refractivity (Wildman–Crippen MR) is 116 cm³/mol. The molecule has 0 saturated heterocycles. The van der Waals surface area contributed by atoms with Crippen molar-refractivity contribution < 1.29 is 0 Å². The lowest BCUT2D eigenvalue weighted by atomic mass is 10.2. The summed E-state index contributed by atoms with van der Waals surface area (Å²) in [5.74, 6) is 3.14. The second-order valence-corrected chi connectivity index (χ2v) is 28.0. The zero-order valence-corrected chi connectivity index (χ0v) is 20.9. The van der Waals surface area contributed by atoms with Crippen molar-refractivity contribution in [3.05, 3.63) is 0 Å². The van der Waals surface area contributed by atoms with E-state index in [0.717, 1.165) is 36.4 Å². The summed E-state index contributed by atoms with van der Waals surface area (Å²) in [7, 11) is 5.57. The van der Waals surface area contributed by atoms with Gasteiger partial charge in [0, 0.05) is 11.5 Å². The summed E-state index contributed by atoms with van der Waals surface area (Å²) in [4.78, 5) is 0.